The molecular formula is C18H18Cl2N3OS+. The predicted octanol–water partition coefficient (Wildman–Crippen LogP) is 3.82. The van der Waals surface area contributed by atoms with Gasteiger partial charge in [-0.25, -0.2) is 4.98 Å². The fourth-order valence-electron chi connectivity index (χ4n) is 2.49. The highest BCUT2D eigenvalue weighted by Gasteiger charge is 2.22. The lowest BCUT2D eigenvalue weighted by Crippen LogP contribution is -3.10. The molecule has 2 N–H and O–H groups in total. The monoisotopic (exact) mass is 394 g/mol. The number of hydrogen-bond donors (Lipinski definition) is 2. The number of hydrogen-bond acceptors (Lipinski definition) is 3. The Kier molecular flexibility index (Phi) is 5.59. The van der Waals surface area contributed by atoms with E-state index in [1.165, 1.54) is 0 Å². The van der Waals surface area contributed by atoms with Gasteiger partial charge in [0.15, 0.2) is 11.6 Å². The third kappa shape index (κ3) is 4.12. The minimum atomic E-state index is -0.116. The first kappa shape index (κ1) is 18.1. The van der Waals surface area contributed by atoms with Gasteiger partial charge < -0.3 is 10.2 Å². The number of amides is 1. The lowest BCUT2D eigenvalue weighted by Gasteiger charge is -2.19. The van der Waals surface area contributed by atoms with Gasteiger partial charge in [0.1, 0.15) is 6.04 Å². The van der Waals surface area contributed by atoms with Crippen LogP contribution in [0, 0.1) is 0 Å². The normalized spacial score (nSPS) is 13.6. The maximum absolute atomic E-state index is 12.3. The van der Waals surface area contributed by atoms with Gasteiger partial charge in [0, 0.05) is 0 Å². The first-order chi connectivity index (χ1) is 12.0. The van der Waals surface area contributed by atoms with E-state index in [4.69, 9.17) is 23.2 Å². The molecule has 1 heterocycles. The summed E-state index contributed by atoms with van der Waals surface area (Å²) in [5.74, 6) is -0.116. The average Bonchev–Trinajstić information content (AvgIpc) is 3.02. The van der Waals surface area contributed by atoms with Crippen molar-refractivity contribution in [2.75, 3.05) is 18.9 Å². The van der Waals surface area contributed by atoms with Gasteiger partial charge in [-0.3, -0.25) is 4.79 Å². The summed E-state index contributed by atoms with van der Waals surface area (Å²) in [5.41, 5.74) is 1.52. The van der Waals surface area contributed by atoms with Crippen molar-refractivity contribution in [3.05, 3.63) is 57.5 Å². The summed E-state index contributed by atoms with van der Waals surface area (Å²) < 4.78 is 1.16. The first-order valence-electron chi connectivity index (χ1n) is 7.87. The topological polar surface area (TPSA) is 46.4 Å². The molecule has 1 unspecified atom stereocenters. The van der Waals surface area contributed by atoms with Crippen LogP contribution in [0.1, 0.15) is 18.0 Å². The third-order valence-electron chi connectivity index (χ3n) is 4.09. The van der Waals surface area contributed by atoms with Gasteiger partial charge in [-0.1, -0.05) is 41.4 Å². The van der Waals surface area contributed by atoms with E-state index in [1.807, 2.05) is 25.2 Å². The van der Waals surface area contributed by atoms with Crippen LogP contribution in [0.15, 0.2) is 42.5 Å². The molecule has 25 heavy (non-hydrogen) atoms. The van der Waals surface area contributed by atoms with E-state index in [9.17, 15) is 4.79 Å². The molecule has 7 heteroatoms. The summed E-state index contributed by atoms with van der Waals surface area (Å²) in [6.07, 6.45) is 0. The first-order valence-corrected chi connectivity index (χ1v) is 9.44. The van der Waals surface area contributed by atoms with Crippen LogP contribution < -0.4 is 10.2 Å². The number of rotatable bonds is 5. The Morgan fingerprint density at radius 2 is 2.00 bits per heavy atom. The molecule has 0 aliphatic heterocycles. The molecule has 2 aromatic carbocycles. The van der Waals surface area contributed by atoms with Crippen LogP contribution in [0.25, 0.3) is 10.2 Å². The van der Waals surface area contributed by atoms with E-state index < -0.39 is 0 Å². The smallest absolute Gasteiger partial charge is 0.279 e. The van der Waals surface area contributed by atoms with E-state index in [1.54, 1.807) is 29.5 Å². The Labute approximate surface area is 160 Å². The van der Waals surface area contributed by atoms with Crippen molar-refractivity contribution >= 4 is 56.3 Å². The average molecular weight is 395 g/mol. The van der Waals surface area contributed by atoms with Crippen LogP contribution in [0.5, 0.6) is 0 Å². The zero-order valence-electron chi connectivity index (χ0n) is 13.8. The molecule has 0 fully saturated rings. The molecule has 1 aromatic heterocycles. The number of carbonyl (C=O) groups is 1. The molecule has 0 saturated heterocycles. The fourth-order valence-corrected chi connectivity index (χ4v) is 3.95. The Morgan fingerprint density at radius 3 is 2.76 bits per heavy atom. The molecule has 0 radical (unpaired) electrons. The number of quaternary nitrogens is 1. The Hall–Kier alpha value is -1.66. The summed E-state index contributed by atoms with van der Waals surface area (Å²) in [6, 6.07) is 13.3. The van der Waals surface area contributed by atoms with Crippen molar-refractivity contribution in [2.45, 2.75) is 13.0 Å². The van der Waals surface area contributed by atoms with E-state index >= 15 is 0 Å². The summed E-state index contributed by atoms with van der Waals surface area (Å²) in [6.45, 7) is 2.38. The molecular weight excluding hydrogens is 377 g/mol. The molecule has 0 aliphatic carbocycles. The third-order valence-corrected chi connectivity index (χ3v) is 6.12. The van der Waals surface area contributed by atoms with E-state index in [-0.39, 0.29) is 11.9 Å². The van der Waals surface area contributed by atoms with Crippen LogP contribution in [0.4, 0.5) is 5.69 Å². The number of fused-ring (bicyclic) bond motifs is 1. The van der Waals surface area contributed by atoms with Gasteiger partial charge in [-0.15, -0.1) is 11.3 Å². The van der Waals surface area contributed by atoms with E-state index in [2.05, 4.69) is 23.3 Å². The van der Waals surface area contributed by atoms with E-state index in [0.29, 0.717) is 22.3 Å². The van der Waals surface area contributed by atoms with Crippen molar-refractivity contribution in [1.29, 1.82) is 0 Å². The molecule has 3 rings (SSSR count). The summed E-state index contributed by atoms with van der Waals surface area (Å²) in [5, 5.41) is 4.62. The lowest BCUT2D eigenvalue weighted by molar-refractivity contribution is -0.902. The predicted molar refractivity (Wildman–Crippen MR) is 105 cm³/mol. The largest absolute Gasteiger partial charge is 0.322 e. The van der Waals surface area contributed by atoms with E-state index in [0.717, 1.165) is 20.1 Å². The molecule has 2 atom stereocenters. The molecule has 130 valence electrons. The van der Waals surface area contributed by atoms with Gasteiger partial charge in [-0.05, 0) is 31.2 Å². The molecule has 0 spiro atoms. The van der Waals surface area contributed by atoms with Crippen molar-refractivity contribution < 1.29 is 9.69 Å². The molecule has 4 nitrogen and oxygen atoms in total. The highest BCUT2D eigenvalue weighted by molar-refractivity contribution is 7.18. The number of likely N-dealkylation sites (N-methyl/N-ethyl adjacent to an activating group) is 1. The highest BCUT2D eigenvalue weighted by atomic mass is 35.5. The van der Waals surface area contributed by atoms with Crippen molar-refractivity contribution in [1.82, 2.24) is 4.98 Å². The Bertz CT molecular complexity index is 879. The Morgan fingerprint density at radius 1 is 1.24 bits per heavy atom. The number of nitrogens with one attached hydrogen (secondary N) is 2. The van der Waals surface area contributed by atoms with Gasteiger partial charge in [0.25, 0.3) is 5.91 Å². The minimum absolute atomic E-state index is 0.109. The summed E-state index contributed by atoms with van der Waals surface area (Å²) >= 11 is 13.8. The molecule has 0 aliphatic rings. The van der Waals surface area contributed by atoms with Gasteiger partial charge in [-0.2, -0.15) is 0 Å². The second-order valence-corrected chi connectivity index (χ2v) is 7.76. The summed E-state index contributed by atoms with van der Waals surface area (Å²) in [4.78, 5) is 18.1. The quantitative estimate of drug-likeness (QED) is 0.690. The SMILES string of the molecule is C[C@@H](c1nc2ccccc2s1)[NH+](C)CC(=O)Nc1cccc(Cl)c1Cl. The maximum Gasteiger partial charge on any atom is 0.279 e. The highest BCUT2D eigenvalue weighted by Crippen LogP contribution is 2.29. The van der Waals surface area contributed by atoms with Crippen LogP contribution in [-0.4, -0.2) is 24.5 Å². The van der Waals surface area contributed by atoms with Gasteiger partial charge >= 0.3 is 0 Å². The number of para-hydroxylation sites is 1. The van der Waals surface area contributed by atoms with Crippen molar-refractivity contribution in [3.63, 3.8) is 0 Å². The van der Waals surface area contributed by atoms with Crippen LogP contribution in [0.2, 0.25) is 10.0 Å². The zero-order chi connectivity index (χ0) is 18.0. The maximum atomic E-state index is 12.3. The summed E-state index contributed by atoms with van der Waals surface area (Å²) in [7, 11) is 1.98. The van der Waals surface area contributed by atoms with Gasteiger partial charge in [0.05, 0.1) is 33.0 Å². The second-order valence-electron chi connectivity index (χ2n) is 5.91. The lowest BCUT2D eigenvalue weighted by atomic mass is 10.3. The molecule has 0 saturated carbocycles. The Balaban J connectivity index is 1.67. The fraction of sp³-hybridized carbons (Fsp3) is 0.222. The van der Waals surface area contributed by atoms with Crippen LogP contribution in [0.3, 0.4) is 0 Å². The molecule has 1 amide bonds. The van der Waals surface area contributed by atoms with Crippen molar-refractivity contribution in [3.8, 4) is 0 Å². The number of benzene rings is 2. The van der Waals surface area contributed by atoms with Gasteiger partial charge in [0.2, 0.25) is 0 Å². The minimum Gasteiger partial charge on any atom is -0.322 e. The van der Waals surface area contributed by atoms with Crippen LogP contribution in [-0.2, 0) is 4.79 Å². The number of nitrogens with zero attached hydrogens (tertiary/aromatic N) is 1. The zero-order valence-corrected chi connectivity index (χ0v) is 16.2. The van der Waals surface area contributed by atoms with Crippen LogP contribution >= 0.6 is 34.5 Å². The second kappa shape index (κ2) is 7.70. The standard InChI is InChI=1S/C18H17Cl2N3OS/c1-11(18-22-13-7-3-4-9-15(13)25-18)23(2)10-16(24)21-14-8-5-6-12(19)17(14)20/h3-9,11H,10H2,1-2H3,(H,21,24)/p+1/t11-/m0/s1. The number of carbonyl (C=O) groups excluding carboxylic acids is 1. The number of anilines is 1. The molecule has 3 aromatic rings. The number of thiazole rings is 1. The number of halogens is 2. The molecule has 0 bridgehead atoms. The van der Waals surface area contributed by atoms with Crippen molar-refractivity contribution in [2.24, 2.45) is 0 Å². The number of aromatic nitrogens is 1.